The molecule has 2 aromatic rings. The van der Waals surface area contributed by atoms with E-state index in [4.69, 9.17) is 18.0 Å². The molecule has 4 nitrogen and oxygen atoms in total. The summed E-state index contributed by atoms with van der Waals surface area (Å²) in [6.45, 7) is 3.34. The SMILES string of the molecule is NC(=S)NC1CCN(CCc2c[nH]c3ccccc23)CC1. The molecule has 0 bridgehead atoms. The highest BCUT2D eigenvalue weighted by atomic mass is 32.1. The molecule has 0 spiro atoms. The molecule has 4 N–H and O–H groups in total. The first-order valence-corrected chi connectivity index (χ1v) is 7.96. The van der Waals surface area contributed by atoms with E-state index >= 15 is 0 Å². The van der Waals surface area contributed by atoms with E-state index in [9.17, 15) is 0 Å². The summed E-state index contributed by atoms with van der Waals surface area (Å²) in [6.07, 6.45) is 5.47. The lowest BCUT2D eigenvalue weighted by Crippen LogP contribution is -2.46. The number of hydrogen-bond donors (Lipinski definition) is 3. The minimum Gasteiger partial charge on any atom is -0.376 e. The number of nitrogens with one attached hydrogen (secondary N) is 2. The van der Waals surface area contributed by atoms with Gasteiger partial charge in [0.2, 0.25) is 0 Å². The predicted molar refractivity (Wildman–Crippen MR) is 91.4 cm³/mol. The van der Waals surface area contributed by atoms with Crippen LogP contribution in [0.3, 0.4) is 0 Å². The number of fused-ring (bicyclic) bond motifs is 1. The van der Waals surface area contributed by atoms with Gasteiger partial charge >= 0.3 is 0 Å². The van der Waals surface area contributed by atoms with Gasteiger partial charge in [0, 0.05) is 42.8 Å². The van der Waals surface area contributed by atoms with Gasteiger partial charge in [-0.3, -0.25) is 0 Å². The zero-order valence-corrected chi connectivity index (χ0v) is 13.0. The highest BCUT2D eigenvalue weighted by Crippen LogP contribution is 2.19. The molecule has 5 heteroatoms. The van der Waals surface area contributed by atoms with Gasteiger partial charge in [-0.15, -0.1) is 0 Å². The fourth-order valence-electron chi connectivity index (χ4n) is 3.12. The number of nitrogens with zero attached hydrogens (tertiary/aromatic N) is 1. The first kappa shape index (κ1) is 14.4. The highest BCUT2D eigenvalue weighted by Gasteiger charge is 2.19. The molecule has 1 aromatic heterocycles. The molecule has 0 atom stereocenters. The molecule has 1 saturated heterocycles. The number of aromatic amines is 1. The highest BCUT2D eigenvalue weighted by molar-refractivity contribution is 7.80. The molecule has 0 radical (unpaired) electrons. The number of likely N-dealkylation sites (tertiary alicyclic amines) is 1. The third-order valence-electron chi connectivity index (χ3n) is 4.31. The molecular weight excluding hydrogens is 280 g/mol. The van der Waals surface area contributed by atoms with Crippen LogP contribution in [-0.2, 0) is 6.42 Å². The van der Waals surface area contributed by atoms with Crippen molar-refractivity contribution in [2.75, 3.05) is 19.6 Å². The molecule has 1 aromatic carbocycles. The standard InChI is InChI=1S/C16H22N4S/c17-16(21)19-13-6-9-20(10-7-13)8-5-12-11-18-15-4-2-1-3-14(12)15/h1-4,11,13,18H,5-10H2,(H3,17,19,21). The van der Waals surface area contributed by atoms with Crippen LogP contribution in [0.4, 0.5) is 0 Å². The number of piperidine rings is 1. The molecule has 2 heterocycles. The third-order valence-corrected chi connectivity index (χ3v) is 4.42. The Kier molecular flexibility index (Phi) is 4.41. The number of nitrogens with two attached hydrogens (primary N) is 1. The largest absolute Gasteiger partial charge is 0.376 e. The Morgan fingerprint density at radius 3 is 2.86 bits per heavy atom. The Bertz CT molecular complexity index is 614. The lowest BCUT2D eigenvalue weighted by atomic mass is 10.0. The van der Waals surface area contributed by atoms with Crippen molar-refractivity contribution in [3.05, 3.63) is 36.0 Å². The van der Waals surface area contributed by atoms with E-state index in [1.54, 1.807) is 0 Å². The summed E-state index contributed by atoms with van der Waals surface area (Å²) in [4.78, 5) is 5.88. The van der Waals surface area contributed by atoms with Crippen molar-refractivity contribution in [2.45, 2.75) is 25.3 Å². The third kappa shape index (κ3) is 3.54. The van der Waals surface area contributed by atoms with Crippen LogP contribution in [0.25, 0.3) is 10.9 Å². The second kappa shape index (κ2) is 6.45. The minimum absolute atomic E-state index is 0.423. The molecule has 3 rings (SSSR count). The number of rotatable bonds is 4. The van der Waals surface area contributed by atoms with Crippen LogP contribution in [0.15, 0.2) is 30.5 Å². The molecule has 112 valence electrons. The molecule has 1 aliphatic rings. The van der Waals surface area contributed by atoms with Crippen LogP contribution in [0, 0.1) is 0 Å². The maximum absolute atomic E-state index is 5.54. The fourth-order valence-corrected chi connectivity index (χ4v) is 3.29. The number of thiocarbonyl (C=S) groups is 1. The lowest BCUT2D eigenvalue weighted by molar-refractivity contribution is 0.209. The quantitative estimate of drug-likeness (QED) is 0.756. The van der Waals surface area contributed by atoms with Gasteiger partial charge in [-0.1, -0.05) is 18.2 Å². The maximum atomic E-state index is 5.54. The van der Waals surface area contributed by atoms with E-state index in [0.717, 1.165) is 38.9 Å². The van der Waals surface area contributed by atoms with E-state index in [0.29, 0.717) is 11.2 Å². The zero-order valence-electron chi connectivity index (χ0n) is 12.1. The Morgan fingerprint density at radius 1 is 1.33 bits per heavy atom. The van der Waals surface area contributed by atoms with Gasteiger partial charge in [0.25, 0.3) is 0 Å². The summed E-state index contributed by atoms with van der Waals surface area (Å²) in [5.41, 5.74) is 8.18. The van der Waals surface area contributed by atoms with Crippen LogP contribution < -0.4 is 11.1 Å². The van der Waals surface area contributed by atoms with Crippen LogP contribution in [0.2, 0.25) is 0 Å². The monoisotopic (exact) mass is 302 g/mol. The van der Waals surface area contributed by atoms with Crippen molar-refractivity contribution in [3.63, 3.8) is 0 Å². The molecule has 1 fully saturated rings. The van der Waals surface area contributed by atoms with Crippen molar-refractivity contribution in [3.8, 4) is 0 Å². The van der Waals surface area contributed by atoms with Crippen molar-refractivity contribution in [1.29, 1.82) is 0 Å². The molecule has 21 heavy (non-hydrogen) atoms. The number of benzene rings is 1. The molecular formula is C16H22N4S. The summed E-state index contributed by atoms with van der Waals surface area (Å²) in [5.74, 6) is 0. The molecule has 0 saturated carbocycles. The van der Waals surface area contributed by atoms with E-state index < -0.39 is 0 Å². The molecule has 0 amide bonds. The van der Waals surface area contributed by atoms with Crippen LogP contribution in [0.1, 0.15) is 18.4 Å². The van der Waals surface area contributed by atoms with Crippen LogP contribution >= 0.6 is 12.2 Å². The summed E-state index contributed by atoms with van der Waals surface area (Å²) in [5, 5.41) is 4.95. The van der Waals surface area contributed by atoms with E-state index in [1.165, 1.54) is 16.5 Å². The zero-order chi connectivity index (χ0) is 14.7. The van der Waals surface area contributed by atoms with E-state index in [2.05, 4.69) is 45.7 Å². The van der Waals surface area contributed by atoms with Gasteiger partial charge < -0.3 is 20.9 Å². The second-order valence-electron chi connectivity index (χ2n) is 5.73. The van der Waals surface area contributed by atoms with Gasteiger partial charge in [-0.25, -0.2) is 0 Å². The van der Waals surface area contributed by atoms with Gasteiger partial charge in [0.1, 0.15) is 0 Å². The average Bonchev–Trinajstić information content (AvgIpc) is 2.89. The summed E-state index contributed by atoms with van der Waals surface area (Å²) in [6, 6.07) is 8.95. The Balaban J connectivity index is 1.51. The van der Waals surface area contributed by atoms with E-state index in [1.807, 2.05) is 0 Å². The van der Waals surface area contributed by atoms with Gasteiger partial charge in [0.15, 0.2) is 5.11 Å². The van der Waals surface area contributed by atoms with Crippen molar-refractivity contribution >= 4 is 28.2 Å². The van der Waals surface area contributed by atoms with Crippen molar-refractivity contribution in [2.24, 2.45) is 5.73 Å². The Morgan fingerprint density at radius 2 is 2.10 bits per heavy atom. The summed E-state index contributed by atoms with van der Waals surface area (Å²) < 4.78 is 0. The normalized spacial score (nSPS) is 17.1. The second-order valence-corrected chi connectivity index (χ2v) is 6.17. The number of para-hydroxylation sites is 1. The van der Waals surface area contributed by atoms with Crippen molar-refractivity contribution < 1.29 is 0 Å². The van der Waals surface area contributed by atoms with Crippen LogP contribution in [0.5, 0.6) is 0 Å². The topological polar surface area (TPSA) is 57.1 Å². The first-order valence-electron chi connectivity index (χ1n) is 7.55. The predicted octanol–water partition coefficient (Wildman–Crippen LogP) is 2.01. The van der Waals surface area contributed by atoms with Gasteiger partial charge in [0.05, 0.1) is 0 Å². The smallest absolute Gasteiger partial charge is 0.163 e. The summed E-state index contributed by atoms with van der Waals surface area (Å²) in [7, 11) is 0. The number of hydrogen-bond acceptors (Lipinski definition) is 2. The number of aromatic nitrogens is 1. The lowest BCUT2D eigenvalue weighted by Gasteiger charge is -2.32. The molecule has 0 aliphatic carbocycles. The molecule has 0 unspecified atom stereocenters. The van der Waals surface area contributed by atoms with Gasteiger partial charge in [-0.05, 0) is 43.1 Å². The first-order chi connectivity index (χ1) is 10.2. The number of H-pyrrole nitrogens is 1. The minimum atomic E-state index is 0.423. The molecule has 1 aliphatic heterocycles. The van der Waals surface area contributed by atoms with Crippen LogP contribution in [-0.4, -0.2) is 40.7 Å². The van der Waals surface area contributed by atoms with Gasteiger partial charge in [-0.2, -0.15) is 0 Å². The fraction of sp³-hybridized carbons (Fsp3) is 0.438. The van der Waals surface area contributed by atoms with E-state index in [-0.39, 0.29) is 0 Å². The summed E-state index contributed by atoms with van der Waals surface area (Å²) >= 11 is 4.91. The van der Waals surface area contributed by atoms with Crippen molar-refractivity contribution in [1.82, 2.24) is 15.2 Å². The Hall–Kier alpha value is -1.59. The Labute approximate surface area is 130 Å². The average molecular weight is 302 g/mol. The maximum Gasteiger partial charge on any atom is 0.163 e.